The molecule has 0 heterocycles. The summed E-state index contributed by atoms with van der Waals surface area (Å²) in [6, 6.07) is 11.9. The molecule has 25 heavy (non-hydrogen) atoms. The molecule has 3 rings (SSSR count). The van der Waals surface area contributed by atoms with Crippen LogP contribution in [0.2, 0.25) is 0 Å². The number of hydrogen-bond acceptors (Lipinski definition) is 3. The molecule has 0 fully saturated rings. The van der Waals surface area contributed by atoms with E-state index in [1.165, 1.54) is 33.4 Å². The van der Waals surface area contributed by atoms with E-state index in [1.807, 2.05) is 57.2 Å². The minimum atomic E-state index is 0. The Balaban J connectivity index is 0.000000339. The fourth-order valence-corrected chi connectivity index (χ4v) is 2.08. The van der Waals surface area contributed by atoms with E-state index < -0.39 is 0 Å². The molecule has 0 saturated heterocycles. The predicted molar refractivity (Wildman–Crippen MR) is 108 cm³/mol. The van der Waals surface area contributed by atoms with Gasteiger partial charge in [-0.3, -0.25) is 0 Å². The summed E-state index contributed by atoms with van der Waals surface area (Å²) in [5.74, 6) is 0. The van der Waals surface area contributed by atoms with Crippen molar-refractivity contribution in [1.29, 1.82) is 0 Å². The van der Waals surface area contributed by atoms with Crippen LogP contribution in [-0.4, -0.2) is 0 Å². The molecule has 136 valence electrons. The number of anilines is 3. The van der Waals surface area contributed by atoms with E-state index in [0.717, 1.165) is 17.1 Å². The van der Waals surface area contributed by atoms with Gasteiger partial charge >= 0.3 is 0 Å². The fourth-order valence-electron chi connectivity index (χ4n) is 2.08. The van der Waals surface area contributed by atoms with Crippen LogP contribution in [-0.2, 0) is 25.8 Å². The zero-order valence-electron chi connectivity index (χ0n) is 16.2. The topological polar surface area (TPSA) is 78.1 Å². The van der Waals surface area contributed by atoms with Crippen LogP contribution in [0.25, 0.3) is 0 Å². The maximum absolute atomic E-state index is 5.54. The Morgan fingerprint density at radius 1 is 0.520 bits per heavy atom. The smallest absolute Gasteiger partial charge is 0 e. The van der Waals surface area contributed by atoms with Gasteiger partial charge in [0, 0.05) is 25.8 Å². The molecular formula is C21H30HfN3-3. The van der Waals surface area contributed by atoms with Crippen LogP contribution < -0.4 is 17.2 Å². The molecule has 0 aliphatic rings. The Morgan fingerprint density at radius 3 is 0.760 bits per heavy atom. The summed E-state index contributed by atoms with van der Waals surface area (Å²) in [6.07, 6.45) is 0. The molecule has 0 amide bonds. The van der Waals surface area contributed by atoms with Crippen LogP contribution in [0, 0.1) is 41.5 Å². The van der Waals surface area contributed by atoms with Gasteiger partial charge in [-0.05, 0) is 0 Å². The van der Waals surface area contributed by atoms with Crippen molar-refractivity contribution in [2.45, 2.75) is 41.5 Å². The number of aryl methyl sites for hydroxylation is 3. The minimum absolute atomic E-state index is 0. The first-order valence-electron chi connectivity index (χ1n) is 8.10. The average Bonchev–Trinajstić information content (AvgIpc) is 3.13. The summed E-state index contributed by atoms with van der Waals surface area (Å²) in [6.45, 7) is 12.3. The maximum Gasteiger partial charge on any atom is 0 e. The van der Waals surface area contributed by atoms with Crippen molar-refractivity contribution in [2.24, 2.45) is 0 Å². The van der Waals surface area contributed by atoms with Crippen LogP contribution in [0.4, 0.5) is 17.1 Å². The third-order valence-corrected chi connectivity index (χ3v) is 4.61. The molecule has 0 aliphatic carbocycles. The van der Waals surface area contributed by atoms with Crippen molar-refractivity contribution < 1.29 is 25.8 Å². The molecule has 3 nitrogen and oxygen atoms in total. The maximum atomic E-state index is 5.54. The van der Waals surface area contributed by atoms with Crippen molar-refractivity contribution in [1.82, 2.24) is 0 Å². The summed E-state index contributed by atoms with van der Waals surface area (Å²) >= 11 is 0. The molecular weight excluding hydrogens is 473 g/mol. The molecule has 0 unspecified atom stereocenters. The van der Waals surface area contributed by atoms with Gasteiger partial charge in [0.15, 0.2) is 0 Å². The summed E-state index contributed by atoms with van der Waals surface area (Å²) in [5, 5.41) is 0. The first kappa shape index (κ1) is 23.3. The standard InChI is InChI=1S/3C7H10N.Hf/c3*1-5-3-4-7(8)6(5)2;/h3*3-4H,8H2,1-2H3;/q3*-1;. The summed E-state index contributed by atoms with van der Waals surface area (Å²) < 4.78 is 0. The van der Waals surface area contributed by atoms with Gasteiger partial charge in [-0.2, -0.15) is 34.9 Å². The van der Waals surface area contributed by atoms with Crippen molar-refractivity contribution in [3.05, 3.63) is 69.8 Å². The molecule has 0 aromatic heterocycles. The average molecular weight is 503 g/mol. The monoisotopic (exact) mass is 504 g/mol. The molecule has 6 N–H and O–H groups in total. The Morgan fingerprint density at radius 2 is 0.720 bits per heavy atom. The molecule has 0 radical (unpaired) electrons. The first-order valence-corrected chi connectivity index (χ1v) is 8.10. The van der Waals surface area contributed by atoms with Gasteiger partial charge in [0.05, 0.1) is 0 Å². The van der Waals surface area contributed by atoms with Gasteiger partial charge in [-0.15, -0.1) is 16.7 Å². The Labute approximate surface area is 171 Å². The Kier molecular flexibility index (Phi) is 9.65. The van der Waals surface area contributed by atoms with Crippen LogP contribution >= 0.6 is 0 Å². The van der Waals surface area contributed by atoms with Gasteiger partial charge < -0.3 is 17.2 Å². The summed E-state index contributed by atoms with van der Waals surface area (Å²) in [5.41, 5.74) is 26.8. The second-order valence-electron chi connectivity index (χ2n) is 6.29. The van der Waals surface area contributed by atoms with E-state index in [2.05, 4.69) is 20.8 Å². The van der Waals surface area contributed by atoms with Crippen LogP contribution in [0.5, 0.6) is 0 Å². The predicted octanol–water partition coefficient (Wildman–Crippen LogP) is 4.81. The van der Waals surface area contributed by atoms with E-state index in [4.69, 9.17) is 17.2 Å². The molecule has 4 heteroatoms. The van der Waals surface area contributed by atoms with Crippen molar-refractivity contribution >= 4 is 17.1 Å². The first-order chi connectivity index (χ1) is 11.1. The largest absolute Gasteiger partial charge is 0.449 e. The molecule has 0 atom stereocenters. The normalized spacial score (nSPS) is 9.36. The van der Waals surface area contributed by atoms with Crippen LogP contribution in [0.1, 0.15) is 33.4 Å². The van der Waals surface area contributed by atoms with Crippen LogP contribution in [0.3, 0.4) is 0 Å². The number of hydrogen-bond donors (Lipinski definition) is 3. The van der Waals surface area contributed by atoms with Gasteiger partial charge in [0.2, 0.25) is 0 Å². The zero-order valence-corrected chi connectivity index (χ0v) is 19.8. The van der Waals surface area contributed by atoms with E-state index >= 15 is 0 Å². The van der Waals surface area contributed by atoms with Gasteiger partial charge in [0.25, 0.3) is 0 Å². The van der Waals surface area contributed by atoms with Crippen molar-refractivity contribution in [3.8, 4) is 0 Å². The van der Waals surface area contributed by atoms with Crippen LogP contribution in [0.15, 0.2) is 36.4 Å². The molecule has 0 spiro atoms. The van der Waals surface area contributed by atoms with Crippen molar-refractivity contribution in [2.75, 3.05) is 17.2 Å². The second kappa shape index (κ2) is 10.3. The summed E-state index contributed by atoms with van der Waals surface area (Å²) in [4.78, 5) is 0. The third-order valence-electron chi connectivity index (χ3n) is 4.61. The van der Waals surface area contributed by atoms with E-state index in [1.54, 1.807) is 0 Å². The van der Waals surface area contributed by atoms with Gasteiger partial charge in [-0.1, -0.05) is 58.6 Å². The zero-order chi connectivity index (χ0) is 18.4. The summed E-state index contributed by atoms with van der Waals surface area (Å²) in [7, 11) is 0. The fraction of sp³-hybridized carbons (Fsp3) is 0.286. The molecule has 3 aromatic carbocycles. The minimum Gasteiger partial charge on any atom is -0.449 e. The van der Waals surface area contributed by atoms with E-state index in [-0.39, 0.29) is 25.8 Å². The third kappa shape index (κ3) is 6.62. The molecule has 0 aliphatic heterocycles. The molecule has 3 aromatic rings. The van der Waals surface area contributed by atoms with E-state index in [0.29, 0.717) is 0 Å². The number of nitrogen functional groups attached to an aromatic ring is 3. The number of nitrogens with two attached hydrogens (primary N) is 3. The second-order valence-corrected chi connectivity index (χ2v) is 6.29. The van der Waals surface area contributed by atoms with Crippen molar-refractivity contribution in [3.63, 3.8) is 0 Å². The van der Waals surface area contributed by atoms with Gasteiger partial charge in [-0.25, -0.2) is 18.2 Å². The van der Waals surface area contributed by atoms with Gasteiger partial charge in [0.1, 0.15) is 0 Å². The molecule has 0 bridgehead atoms. The number of rotatable bonds is 0. The SMILES string of the molecule is Cc1cc[c-](N)c1C.Cc1cc[c-](N)c1C.Cc1cc[c-](N)c1C.[Hf]. The van der Waals surface area contributed by atoms with E-state index in [9.17, 15) is 0 Å². The Hall–Kier alpha value is -1.68. The quantitative estimate of drug-likeness (QED) is 0.305. The Bertz CT molecular complexity index is 612. The molecule has 0 saturated carbocycles.